The zero-order valence-corrected chi connectivity index (χ0v) is 18.4. The fraction of sp³-hybridized carbons (Fsp3) is 0.125. The highest BCUT2D eigenvalue weighted by Crippen LogP contribution is 2.31. The van der Waals surface area contributed by atoms with Crippen LogP contribution in [0.3, 0.4) is 0 Å². The molecule has 1 heterocycles. The van der Waals surface area contributed by atoms with Crippen molar-refractivity contribution in [2.75, 3.05) is 19.5 Å². The van der Waals surface area contributed by atoms with Crippen molar-refractivity contribution < 1.29 is 14.3 Å². The maximum atomic E-state index is 13.3. The number of rotatable bonds is 5. The van der Waals surface area contributed by atoms with Crippen LogP contribution in [0.4, 0.5) is 5.69 Å². The molecule has 32 heavy (non-hydrogen) atoms. The summed E-state index contributed by atoms with van der Waals surface area (Å²) in [6.45, 7) is 1.76. The molecule has 0 atom stereocenters. The highest BCUT2D eigenvalue weighted by atomic mass is 35.5. The topological polar surface area (TPSA) is 82.5 Å². The molecule has 162 valence electrons. The van der Waals surface area contributed by atoms with E-state index < -0.39 is 5.91 Å². The van der Waals surface area contributed by atoms with Gasteiger partial charge in [0.15, 0.2) is 11.5 Å². The zero-order chi connectivity index (χ0) is 22.8. The van der Waals surface area contributed by atoms with E-state index >= 15 is 0 Å². The number of methoxy groups -OCH3 is 2. The fourth-order valence-electron chi connectivity index (χ4n) is 3.53. The Morgan fingerprint density at radius 1 is 1.03 bits per heavy atom. The molecular weight excluding hydrogens is 430 g/mol. The summed E-state index contributed by atoms with van der Waals surface area (Å²) in [5.41, 5.74) is 1.71. The molecule has 0 spiro atoms. The largest absolute Gasteiger partial charge is 0.493 e. The van der Waals surface area contributed by atoms with E-state index in [1.54, 1.807) is 67.6 Å². The molecule has 1 amide bonds. The van der Waals surface area contributed by atoms with Crippen molar-refractivity contribution >= 4 is 34.1 Å². The summed E-state index contributed by atoms with van der Waals surface area (Å²) < 4.78 is 12.1. The van der Waals surface area contributed by atoms with Crippen LogP contribution in [0.1, 0.15) is 16.2 Å². The number of hydrogen-bond donors (Lipinski definition) is 1. The first kappa shape index (κ1) is 21.4. The monoisotopic (exact) mass is 449 g/mol. The van der Waals surface area contributed by atoms with Crippen molar-refractivity contribution in [3.05, 3.63) is 87.4 Å². The van der Waals surface area contributed by atoms with Crippen molar-refractivity contribution in [3.63, 3.8) is 0 Å². The molecule has 0 saturated carbocycles. The van der Waals surface area contributed by atoms with Gasteiger partial charge in [-0.3, -0.25) is 14.2 Å². The molecular formula is C24H20ClN3O4. The molecule has 4 rings (SSSR count). The summed E-state index contributed by atoms with van der Waals surface area (Å²) >= 11 is 5.97. The van der Waals surface area contributed by atoms with Crippen LogP contribution < -0.4 is 20.3 Å². The van der Waals surface area contributed by atoms with Crippen molar-refractivity contribution in [1.29, 1.82) is 0 Å². The highest BCUT2D eigenvalue weighted by Gasteiger charge is 2.17. The lowest BCUT2D eigenvalue weighted by Crippen LogP contribution is -2.22. The molecule has 0 saturated heterocycles. The summed E-state index contributed by atoms with van der Waals surface area (Å²) in [6.07, 6.45) is 0. The molecule has 3 aromatic carbocycles. The maximum Gasteiger partial charge on any atom is 0.266 e. The van der Waals surface area contributed by atoms with Crippen molar-refractivity contribution in [2.45, 2.75) is 6.92 Å². The van der Waals surface area contributed by atoms with Gasteiger partial charge in [0.25, 0.3) is 11.5 Å². The lowest BCUT2D eigenvalue weighted by molar-refractivity contribution is 0.102. The Balaban J connectivity index is 1.75. The standard InChI is InChI=1S/C24H20ClN3O4/c1-14-26-20-12-9-16(27-23(29)18-5-4-6-21(31-2)22(18)32-3)13-19(20)24(30)28(14)17-10-7-15(25)8-11-17/h4-13H,1-3H3,(H,27,29). The number of ether oxygens (including phenoxy) is 2. The van der Waals surface area contributed by atoms with Gasteiger partial charge in [0.05, 0.1) is 36.4 Å². The lowest BCUT2D eigenvalue weighted by Gasteiger charge is -2.14. The number of amides is 1. The third-order valence-corrected chi connectivity index (χ3v) is 5.28. The minimum Gasteiger partial charge on any atom is -0.493 e. The van der Waals surface area contributed by atoms with Gasteiger partial charge in [0.2, 0.25) is 0 Å². The second kappa shape index (κ2) is 8.72. The number of nitrogens with zero attached hydrogens (tertiary/aromatic N) is 2. The van der Waals surface area contributed by atoms with E-state index in [0.29, 0.717) is 50.2 Å². The molecule has 0 aliphatic heterocycles. The quantitative estimate of drug-likeness (QED) is 0.481. The van der Waals surface area contributed by atoms with Crippen LogP contribution in [-0.4, -0.2) is 29.7 Å². The van der Waals surface area contributed by atoms with E-state index in [0.717, 1.165) is 0 Å². The average Bonchev–Trinajstić information content (AvgIpc) is 2.80. The Morgan fingerprint density at radius 2 is 1.78 bits per heavy atom. The zero-order valence-electron chi connectivity index (χ0n) is 17.7. The van der Waals surface area contributed by atoms with Gasteiger partial charge in [-0.05, 0) is 61.5 Å². The first-order valence-corrected chi connectivity index (χ1v) is 10.1. The molecule has 0 fully saturated rings. The van der Waals surface area contributed by atoms with E-state index in [1.165, 1.54) is 18.8 Å². The number of benzene rings is 3. The van der Waals surface area contributed by atoms with E-state index in [4.69, 9.17) is 21.1 Å². The summed E-state index contributed by atoms with van der Waals surface area (Å²) in [6, 6.07) is 17.0. The fourth-order valence-corrected chi connectivity index (χ4v) is 3.66. The van der Waals surface area contributed by atoms with E-state index in [-0.39, 0.29) is 5.56 Å². The van der Waals surface area contributed by atoms with E-state index in [2.05, 4.69) is 10.3 Å². The van der Waals surface area contributed by atoms with Crippen LogP contribution in [0.5, 0.6) is 11.5 Å². The lowest BCUT2D eigenvalue weighted by atomic mass is 10.1. The number of anilines is 1. The van der Waals surface area contributed by atoms with Crippen molar-refractivity contribution in [3.8, 4) is 17.2 Å². The minimum absolute atomic E-state index is 0.245. The van der Waals surface area contributed by atoms with Gasteiger partial charge in [0.1, 0.15) is 5.82 Å². The predicted octanol–water partition coefficient (Wildman–Crippen LogP) is 4.62. The molecule has 8 heteroatoms. The molecule has 4 aromatic rings. The molecule has 1 N–H and O–H groups in total. The van der Waals surface area contributed by atoms with E-state index in [1.807, 2.05) is 0 Å². The van der Waals surface area contributed by atoms with Crippen LogP contribution in [0.2, 0.25) is 5.02 Å². The average molecular weight is 450 g/mol. The Bertz CT molecular complexity index is 1380. The molecule has 0 aliphatic rings. The second-order valence-corrected chi connectivity index (χ2v) is 7.44. The Kier molecular flexibility index (Phi) is 5.83. The van der Waals surface area contributed by atoms with Crippen molar-refractivity contribution in [2.24, 2.45) is 0 Å². The summed E-state index contributed by atoms with van der Waals surface area (Å²) in [7, 11) is 2.97. The first-order valence-electron chi connectivity index (χ1n) is 9.74. The normalized spacial score (nSPS) is 10.8. The van der Waals surface area contributed by atoms with Gasteiger partial charge >= 0.3 is 0 Å². The second-order valence-electron chi connectivity index (χ2n) is 7.00. The number of aryl methyl sites for hydroxylation is 1. The SMILES string of the molecule is COc1cccc(C(=O)Nc2ccc3nc(C)n(-c4ccc(Cl)cc4)c(=O)c3c2)c1OC. The third-order valence-electron chi connectivity index (χ3n) is 5.03. The Labute approximate surface area is 189 Å². The number of para-hydroxylation sites is 1. The van der Waals surface area contributed by atoms with Gasteiger partial charge in [-0.25, -0.2) is 4.98 Å². The van der Waals surface area contributed by atoms with Crippen LogP contribution >= 0.6 is 11.6 Å². The number of hydrogen-bond acceptors (Lipinski definition) is 5. The summed E-state index contributed by atoms with van der Waals surface area (Å²) in [5.74, 6) is 0.931. The van der Waals surface area contributed by atoms with Gasteiger partial charge in [-0.15, -0.1) is 0 Å². The van der Waals surface area contributed by atoms with Gasteiger partial charge < -0.3 is 14.8 Å². The maximum absolute atomic E-state index is 13.3. The molecule has 0 unspecified atom stereocenters. The van der Waals surface area contributed by atoms with Crippen LogP contribution in [-0.2, 0) is 0 Å². The number of carbonyl (C=O) groups excluding carboxylic acids is 1. The number of nitrogens with one attached hydrogen (secondary N) is 1. The van der Waals surface area contributed by atoms with Crippen LogP contribution in [0, 0.1) is 6.92 Å². The minimum atomic E-state index is -0.391. The number of fused-ring (bicyclic) bond motifs is 1. The van der Waals surface area contributed by atoms with Crippen molar-refractivity contribution in [1.82, 2.24) is 9.55 Å². The first-order chi connectivity index (χ1) is 15.4. The van der Waals surface area contributed by atoms with Gasteiger partial charge in [-0.2, -0.15) is 0 Å². The molecule has 0 radical (unpaired) electrons. The number of halogens is 1. The number of aromatic nitrogens is 2. The van der Waals surface area contributed by atoms with Gasteiger partial charge in [-0.1, -0.05) is 17.7 Å². The van der Waals surface area contributed by atoms with E-state index in [9.17, 15) is 9.59 Å². The molecule has 7 nitrogen and oxygen atoms in total. The highest BCUT2D eigenvalue weighted by molar-refractivity contribution is 6.30. The van der Waals surface area contributed by atoms with Gasteiger partial charge in [0, 0.05) is 10.7 Å². The Hall–Kier alpha value is -3.84. The smallest absolute Gasteiger partial charge is 0.266 e. The number of carbonyl (C=O) groups is 1. The summed E-state index contributed by atoms with van der Waals surface area (Å²) in [5, 5.41) is 3.77. The molecule has 0 bridgehead atoms. The summed E-state index contributed by atoms with van der Waals surface area (Å²) in [4.78, 5) is 30.7. The molecule has 1 aromatic heterocycles. The molecule has 0 aliphatic carbocycles. The Morgan fingerprint density at radius 3 is 2.47 bits per heavy atom. The predicted molar refractivity (Wildman–Crippen MR) is 125 cm³/mol. The van der Waals surface area contributed by atoms with Crippen LogP contribution in [0.25, 0.3) is 16.6 Å². The van der Waals surface area contributed by atoms with Crippen LogP contribution in [0.15, 0.2) is 65.5 Å². The third kappa shape index (κ3) is 3.90.